The molecule has 1 aliphatic rings. The number of carbonyl (C=O) groups is 1. The number of ether oxygens (including phenoxy) is 1. The third-order valence-corrected chi connectivity index (χ3v) is 9.48. The van der Waals surface area contributed by atoms with Crippen molar-refractivity contribution in [2.24, 2.45) is 11.8 Å². The third kappa shape index (κ3) is 8.61. The Kier molecular flexibility index (Phi) is 11.6. The first-order chi connectivity index (χ1) is 21.5. The zero-order valence-corrected chi connectivity index (χ0v) is 27.2. The van der Waals surface area contributed by atoms with Crippen molar-refractivity contribution in [3.8, 4) is 11.3 Å². The summed E-state index contributed by atoms with van der Waals surface area (Å²) in [5, 5.41) is 16.9. The molecule has 0 radical (unpaired) electrons. The zero-order valence-electron chi connectivity index (χ0n) is 27.2. The Morgan fingerprint density at radius 3 is 2.42 bits per heavy atom. The summed E-state index contributed by atoms with van der Waals surface area (Å²) < 4.78 is 32.9. The summed E-state index contributed by atoms with van der Waals surface area (Å²) >= 11 is 0. The first-order valence-electron chi connectivity index (χ1n) is 16.2. The first kappa shape index (κ1) is 34.4. The maximum atomic E-state index is 13.9. The van der Waals surface area contributed by atoms with Crippen LogP contribution in [-0.2, 0) is 15.1 Å². The maximum absolute atomic E-state index is 13.9. The van der Waals surface area contributed by atoms with Crippen molar-refractivity contribution >= 4 is 17.6 Å². The van der Waals surface area contributed by atoms with Gasteiger partial charge in [0.05, 0.1) is 31.2 Å². The highest BCUT2D eigenvalue weighted by Gasteiger charge is 2.35. The SMILES string of the molecule is CCCC[N+](CC)(CC)COC(=O)C1CCC([C@@](C)([O-])c2ccc(-c3cc(C)cc(Nc4cc(C(F)F)ccn4)n3)cn2)CC1. The van der Waals surface area contributed by atoms with Crippen molar-refractivity contribution in [2.45, 2.75) is 85.2 Å². The lowest BCUT2D eigenvalue weighted by Crippen LogP contribution is -2.51. The molecule has 1 atom stereocenters. The molecule has 3 aromatic heterocycles. The Morgan fingerprint density at radius 2 is 1.80 bits per heavy atom. The van der Waals surface area contributed by atoms with Crippen molar-refractivity contribution in [2.75, 3.05) is 31.7 Å². The van der Waals surface area contributed by atoms with Crippen LogP contribution >= 0.6 is 0 Å². The zero-order chi connectivity index (χ0) is 32.6. The summed E-state index contributed by atoms with van der Waals surface area (Å²) in [5.74, 6) is 0.289. The number of halogens is 2. The molecule has 10 heteroatoms. The van der Waals surface area contributed by atoms with Crippen LogP contribution in [0.2, 0.25) is 0 Å². The average Bonchev–Trinajstić information content (AvgIpc) is 3.05. The van der Waals surface area contributed by atoms with Gasteiger partial charge in [-0.2, -0.15) is 0 Å². The molecule has 1 saturated carbocycles. The number of aryl methyl sites for hydroxylation is 1. The van der Waals surface area contributed by atoms with Gasteiger partial charge in [-0.25, -0.2) is 18.7 Å². The topological polar surface area (TPSA) is 100 Å². The molecule has 1 fully saturated rings. The number of alkyl halides is 2. The second-order valence-electron chi connectivity index (χ2n) is 12.5. The third-order valence-electron chi connectivity index (χ3n) is 9.48. The van der Waals surface area contributed by atoms with Crippen LogP contribution in [0.5, 0.6) is 0 Å². The Hall–Kier alpha value is -3.50. The molecule has 0 saturated heterocycles. The van der Waals surface area contributed by atoms with E-state index in [1.165, 1.54) is 18.3 Å². The van der Waals surface area contributed by atoms with E-state index in [1.54, 1.807) is 25.3 Å². The van der Waals surface area contributed by atoms with Gasteiger partial charge in [0.15, 0.2) is 0 Å². The second-order valence-corrected chi connectivity index (χ2v) is 12.5. The number of anilines is 2. The quantitative estimate of drug-likeness (QED) is 0.117. The number of nitrogens with zero attached hydrogens (tertiary/aromatic N) is 4. The molecular formula is C35H47F2N5O3. The predicted octanol–water partition coefficient (Wildman–Crippen LogP) is 7.07. The number of hydrogen-bond donors (Lipinski definition) is 1. The molecule has 0 aliphatic heterocycles. The molecule has 244 valence electrons. The van der Waals surface area contributed by atoms with Crippen molar-refractivity contribution < 1.29 is 27.9 Å². The van der Waals surface area contributed by atoms with E-state index in [-0.39, 0.29) is 29.2 Å². The van der Waals surface area contributed by atoms with Gasteiger partial charge in [0, 0.05) is 29.2 Å². The molecule has 0 aromatic carbocycles. The van der Waals surface area contributed by atoms with Gasteiger partial charge < -0.3 is 15.2 Å². The van der Waals surface area contributed by atoms with E-state index in [0.717, 1.165) is 48.1 Å². The number of nitrogens with one attached hydrogen (secondary N) is 1. The van der Waals surface area contributed by atoms with Gasteiger partial charge in [-0.15, -0.1) is 0 Å². The number of aromatic nitrogens is 3. The van der Waals surface area contributed by atoms with Gasteiger partial charge in [-0.05, 0) is 87.9 Å². The van der Waals surface area contributed by atoms with Gasteiger partial charge in [0.25, 0.3) is 6.43 Å². The summed E-state index contributed by atoms with van der Waals surface area (Å²) in [4.78, 5) is 26.3. The monoisotopic (exact) mass is 623 g/mol. The van der Waals surface area contributed by atoms with Gasteiger partial charge in [-0.1, -0.05) is 38.7 Å². The van der Waals surface area contributed by atoms with E-state index >= 15 is 0 Å². The van der Waals surface area contributed by atoms with Crippen molar-refractivity contribution in [3.63, 3.8) is 0 Å². The average molecular weight is 624 g/mol. The summed E-state index contributed by atoms with van der Waals surface area (Å²) in [6.07, 6.45) is 5.20. The van der Waals surface area contributed by atoms with Crippen molar-refractivity contribution in [3.05, 3.63) is 65.6 Å². The Balaban J connectivity index is 1.37. The first-order valence-corrected chi connectivity index (χ1v) is 16.2. The molecule has 45 heavy (non-hydrogen) atoms. The van der Waals surface area contributed by atoms with Crippen molar-refractivity contribution in [1.29, 1.82) is 0 Å². The summed E-state index contributed by atoms with van der Waals surface area (Å²) in [5.41, 5.74) is 1.21. The molecule has 1 aliphatic carbocycles. The van der Waals surface area contributed by atoms with Gasteiger partial charge in [0.2, 0.25) is 6.73 Å². The number of esters is 1. The van der Waals surface area contributed by atoms with Gasteiger partial charge in [-0.3, -0.25) is 14.3 Å². The van der Waals surface area contributed by atoms with E-state index in [0.29, 0.717) is 49.6 Å². The number of hydrogen-bond acceptors (Lipinski definition) is 7. The summed E-state index contributed by atoms with van der Waals surface area (Å²) in [6.45, 7) is 13.4. The molecule has 0 amide bonds. The number of quaternary nitrogens is 1. The molecular weight excluding hydrogens is 576 g/mol. The Morgan fingerprint density at radius 1 is 1.07 bits per heavy atom. The fraction of sp³-hybridized carbons (Fsp3) is 0.543. The molecule has 3 aromatic rings. The van der Waals surface area contributed by atoms with Crippen LogP contribution < -0.4 is 10.4 Å². The molecule has 0 unspecified atom stereocenters. The van der Waals surface area contributed by atoms with Crippen LogP contribution in [0.15, 0.2) is 48.8 Å². The minimum Gasteiger partial charge on any atom is -0.845 e. The highest BCUT2D eigenvalue weighted by atomic mass is 19.3. The highest BCUT2D eigenvalue weighted by molar-refractivity contribution is 5.72. The normalized spacial score (nSPS) is 18.4. The Bertz CT molecular complexity index is 1400. The lowest BCUT2D eigenvalue weighted by Gasteiger charge is -2.46. The lowest BCUT2D eigenvalue weighted by molar-refractivity contribution is -0.940. The van der Waals surface area contributed by atoms with Crippen molar-refractivity contribution in [1.82, 2.24) is 15.0 Å². The smallest absolute Gasteiger partial charge is 0.313 e. The molecule has 8 nitrogen and oxygen atoms in total. The standard InChI is InChI=1S/C35H47F2N5O3/c1-6-9-18-42(7-2,8-3)23-45-34(43)25-10-13-28(14-11-25)35(5,44)30-15-12-27(22-39-30)29-19-24(4)20-32(40-29)41-31-21-26(33(36)37)16-17-38-31/h12,15-17,19-22,25,28,33H,6-11,13-14,18,23H2,1-5H3,(H,38,40,41)/t25?,28?,35-/m1/s1. The number of pyridine rings is 3. The van der Waals surface area contributed by atoms with Crippen LogP contribution in [0.4, 0.5) is 20.4 Å². The molecule has 0 spiro atoms. The predicted molar refractivity (Wildman–Crippen MR) is 170 cm³/mol. The maximum Gasteiger partial charge on any atom is 0.313 e. The number of carbonyl (C=O) groups excluding carboxylic acids is 1. The van der Waals surface area contributed by atoms with Gasteiger partial charge in [0.1, 0.15) is 11.6 Å². The molecule has 0 bridgehead atoms. The fourth-order valence-corrected chi connectivity index (χ4v) is 6.19. The van der Waals surface area contributed by atoms with Crippen LogP contribution in [-0.4, -0.2) is 51.8 Å². The minimum absolute atomic E-state index is 0.124. The van der Waals surface area contributed by atoms with E-state index in [2.05, 4.69) is 41.0 Å². The minimum atomic E-state index is -2.59. The number of unbranched alkanes of at least 4 members (excludes halogenated alkanes) is 1. The summed E-state index contributed by atoms with van der Waals surface area (Å²) in [7, 11) is 0. The lowest BCUT2D eigenvalue weighted by atomic mass is 9.73. The second kappa shape index (κ2) is 15.2. The largest absolute Gasteiger partial charge is 0.845 e. The van der Waals surface area contributed by atoms with E-state index in [9.17, 15) is 18.7 Å². The Labute approximate surface area is 265 Å². The van der Waals surface area contributed by atoms with E-state index in [4.69, 9.17) is 4.74 Å². The van der Waals surface area contributed by atoms with Crippen LogP contribution in [0, 0.1) is 18.8 Å². The fourth-order valence-electron chi connectivity index (χ4n) is 6.19. The van der Waals surface area contributed by atoms with Gasteiger partial charge >= 0.3 is 5.97 Å². The van der Waals surface area contributed by atoms with Crippen LogP contribution in [0.3, 0.4) is 0 Å². The van der Waals surface area contributed by atoms with E-state index in [1.807, 2.05) is 19.1 Å². The highest BCUT2D eigenvalue weighted by Crippen LogP contribution is 2.39. The van der Waals surface area contributed by atoms with E-state index < -0.39 is 12.0 Å². The summed E-state index contributed by atoms with van der Waals surface area (Å²) in [6, 6.07) is 9.88. The molecule has 4 rings (SSSR count). The number of rotatable bonds is 14. The molecule has 3 heterocycles. The molecule has 1 N–H and O–H groups in total. The van der Waals surface area contributed by atoms with Crippen LogP contribution in [0.25, 0.3) is 11.3 Å². The van der Waals surface area contributed by atoms with Crippen LogP contribution in [0.1, 0.15) is 89.5 Å².